The number of nitriles is 1. The highest BCUT2D eigenvalue weighted by Gasteiger charge is 2.11. The molecule has 0 saturated heterocycles. The molecule has 0 aromatic heterocycles. The van der Waals surface area contributed by atoms with Crippen molar-refractivity contribution in [2.75, 3.05) is 19.0 Å². The van der Waals surface area contributed by atoms with Crippen LogP contribution in [0.25, 0.3) is 6.08 Å². The summed E-state index contributed by atoms with van der Waals surface area (Å²) >= 11 is 0. The van der Waals surface area contributed by atoms with Crippen molar-refractivity contribution in [3.8, 4) is 17.6 Å². The number of anilines is 1. The molecule has 0 saturated carbocycles. The first kappa shape index (κ1) is 23.0. The predicted molar refractivity (Wildman–Crippen MR) is 121 cm³/mol. The van der Waals surface area contributed by atoms with E-state index in [-0.39, 0.29) is 5.57 Å². The highest BCUT2D eigenvalue weighted by Crippen LogP contribution is 2.29. The summed E-state index contributed by atoms with van der Waals surface area (Å²) in [6.07, 6.45) is 6.99. The molecule has 5 heteroatoms. The van der Waals surface area contributed by atoms with Gasteiger partial charge in [0.05, 0.1) is 13.7 Å². The SMILES string of the molecule is CCCCCCOc1ccc(/C=C(\C#N)C(=O)Nc2ccc(CC)cc2)cc1OC. The van der Waals surface area contributed by atoms with Crippen LogP contribution in [0.1, 0.15) is 50.7 Å². The van der Waals surface area contributed by atoms with Gasteiger partial charge in [0.2, 0.25) is 0 Å². The average molecular weight is 407 g/mol. The lowest BCUT2D eigenvalue weighted by atomic mass is 10.1. The molecular formula is C25H30N2O3. The molecule has 1 N–H and O–H groups in total. The molecule has 0 aliphatic carbocycles. The molecule has 5 nitrogen and oxygen atoms in total. The summed E-state index contributed by atoms with van der Waals surface area (Å²) in [6.45, 7) is 4.88. The Balaban J connectivity index is 2.08. The Labute approximate surface area is 179 Å². The van der Waals surface area contributed by atoms with Crippen LogP contribution < -0.4 is 14.8 Å². The number of benzene rings is 2. The maximum absolute atomic E-state index is 12.5. The van der Waals surface area contributed by atoms with Crippen LogP contribution in [0.5, 0.6) is 11.5 Å². The Morgan fingerprint density at radius 2 is 1.83 bits per heavy atom. The van der Waals surface area contributed by atoms with Gasteiger partial charge in [-0.1, -0.05) is 51.3 Å². The van der Waals surface area contributed by atoms with Gasteiger partial charge in [-0.05, 0) is 54.3 Å². The van der Waals surface area contributed by atoms with Gasteiger partial charge in [0.1, 0.15) is 11.6 Å². The van der Waals surface area contributed by atoms with E-state index in [0.29, 0.717) is 29.4 Å². The lowest BCUT2D eigenvalue weighted by Crippen LogP contribution is -2.13. The van der Waals surface area contributed by atoms with Crippen LogP contribution in [-0.2, 0) is 11.2 Å². The summed E-state index contributed by atoms with van der Waals surface area (Å²) in [5.41, 5.74) is 2.55. The zero-order chi connectivity index (χ0) is 21.8. The zero-order valence-corrected chi connectivity index (χ0v) is 18.0. The number of aryl methyl sites for hydroxylation is 1. The maximum atomic E-state index is 12.5. The van der Waals surface area contributed by atoms with Gasteiger partial charge in [-0.2, -0.15) is 5.26 Å². The average Bonchev–Trinajstić information content (AvgIpc) is 2.78. The van der Waals surface area contributed by atoms with Gasteiger partial charge in [0, 0.05) is 5.69 Å². The Morgan fingerprint density at radius 1 is 1.07 bits per heavy atom. The first-order valence-corrected chi connectivity index (χ1v) is 10.4. The largest absolute Gasteiger partial charge is 0.493 e. The predicted octanol–water partition coefficient (Wildman–Crippen LogP) is 5.76. The molecule has 0 fully saturated rings. The van der Waals surface area contributed by atoms with Crippen LogP contribution in [0.15, 0.2) is 48.0 Å². The number of rotatable bonds is 11. The Hall–Kier alpha value is -3.26. The van der Waals surface area contributed by atoms with E-state index in [1.54, 1.807) is 25.3 Å². The van der Waals surface area contributed by atoms with Crippen LogP contribution >= 0.6 is 0 Å². The molecule has 0 atom stereocenters. The lowest BCUT2D eigenvalue weighted by Gasteiger charge is -2.11. The third kappa shape index (κ3) is 6.97. The Morgan fingerprint density at radius 3 is 2.47 bits per heavy atom. The molecule has 0 aliphatic rings. The normalized spacial score (nSPS) is 10.9. The van der Waals surface area contributed by atoms with Gasteiger partial charge >= 0.3 is 0 Å². The number of hydrogen-bond acceptors (Lipinski definition) is 4. The van der Waals surface area contributed by atoms with Crippen molar-refractivity contribution < 1.29 is 14.3 Å². The van der Waals surface area contributed by atoms with E-state index >= 15 is 0 Å². The minimum atomic E-state index is -0.447. The number of methoxy groups -OCH3 is 1. The Bertz CT molecular complexity index is 896. The fourth-order valence-electron chi connectivity index (χ4n) is 2.94. The lowest BCUT2D eigenvalue weighted by molar-refractivity contribution is -0.112. The van der Waals surface area contributed by atoms with Gasteiger partial charge in [0.15, 0.2) is 11.5 Å². The molecule has 0 bridgehead atoms. The van der Waals surface area contributed by atoms with Crippen molar-refractivity contribution in [2.45, 2.75) is 46.0 Å². The summed E-state index contributed by atoms with van der Waals surface area (Å²) in [4.78, 5) is 12.5. The number of ether oxygens (including phenoxy) is 2. The van der Waals surface area contributed by atoms with Crippen molar-refractivity contribution in [3.05, 3.63) is 59.2 Å². The quantitative estimate of drug-likeness (QED) is 0.292. The maximum Gasteiger partial charge on any atom is 0.266 e. The van der Waals surface area contributed by atoms with E-state index in [2.05, 4.69) is 19.2 Å². The standard InChI is InChI=1S/C25H30N2O3/c1-4-6-7-8-15-30-23-14-11-20(17-24(23)29-3)16-21(18-26)25(28)27-22-12-9-19(5-2)10-13-22/h9-14,16-17H,4-8,15H2,1-3H3,(H,27,28)/b21-16+. The summed E-state index contributed by atoms with van der Waals surface area (Å²) in [7, 11) is 1.57. The Kier molecular flexibility index (Phi) is 9.47. The minimum Gasteiger partial charge on any atom is -0.493 e. The number of amides is 1. The van der Waals surface area contributed by atoms with Crippen LogP contribution in [0.3, 0.4) is 0 Å². The van der Waals surface area contributed by atoms with E-state index in [1.807, 2.05) is 36.4 Å². The molecule has 2 aromatic carbocycles. The fourth-order valence-corrected chi connectivity index (χ4v) is 2.94. The fraction of sp³-hybridized carbons (Fsp3) is 0.360. The second-order valence-corrected chi connectivity index (χ2v) is 6.99. The summed E-state index contributed by atoms with van der Waals surface area (Å²) < 4.78 is 11.2. The highest BCUT2D eigenvalue weighted by molar-refractivity contribution is 6.09. The first-order chi connectivity index (χ1) is 14.6. The van der Waals surface area contributed by atoms with Crippen molar-refractivity contribution in [1.29, 1.82) is 5.26 Å². The van der Waals surface area contributed by atoms with E-state index in [9.17, 15) is 10.1 Å². The molecule has 2 aromatic rings. The second kappa shape index (κ2) is 12.3. The van der Waals surface area contributed by atoms with E-state index < -0.39 is 5.91 Å². The molecule has 158 valence electrons. The topological polar surface area (TPSA) is 71.3 Å². The van der Waals surface area contributed by atoms with Crippen LogP contribution in [-0.4, -0.2) is 19.6 Å². The van der Waals surface area contributed by atoms with E-state index in [1.165, 1.54) is 18.4 Å². The molecule has 0 unspecified atom stereocenters. The molecule has 1 amide bonds. The molecule has 0 heterocycles. The number of nitrogens with one attached hydrogen (secondary N) is 1. The number of carbonyl (C=O) groups excluding carboxylic acids is 1. The highest BCUT2D eigenvalue weighted by atomic mass is 16.5. The molecule has 0 aliphatic heterocycles. The monoisotopic (exact) mass is 406 g/mol. The number of carbonyl (C=O) groups is 1. The summed E-state index contributed by atoms with van der Waals surface area (Å²) in [5, 5.41) is 12.2. The second-order valence-electron chi connectivity index (χ2n) is 6.99. The molecule has 0 radical (unpaired) electrons. The van der Waals surface area contributed by atoms with Gasteiger partial charge in [0.25, 0.3) is 5.91 Å². The molecule has 2 rings (SSSR count). The van der Waals surface area contributed by atoms with Crippen LogP contribution in [0.4, 0.5) is 5.69 Å². The minimum absolute atomic E-state index is 0.0184. The summed E-state index contributed by atoms with van der Waals surface area (Å²) in [6, 6.07) is 14.9. The van der Waals surface area contributed by atoms with E-state index in [4.69, 9.17) is 9.47 Å². The van der Waals surface area contributed by atoms with E-state index in [0.717, 1.165) is 19.3 Å². The molecular weight excluding hydrogens is 376 g/mol. The van der Waals surface area contributed by atoms with Gasteiger partial charge in [-0.15, -0.1) is 0 Å². The third-order valence-corrected chi connectivity index (χ3v) is 4.74. The van der Waals surface area contributed by atoms with Crippen molar-refractivity contribution in [1.82, 2.24) is 0 Å². The van der Waals surface area contributed by atoms with Crippen molar-refractivity contribution in [2.24, 2.45) is 0 Å². The van der Waals surface area contributed by atoms with Crippen LogP contribution in [0.2, 0.25) is 0 Å². The zero-order valence-electron chi connectivity index (χ0n) is 18.0. The van der Waals surface area contributed by atoms with Gasteiger partial charge in [-0.3, -0.25) is 4.79 Å². The van der Waals surface area contributed by atoms with Crippen LogP contribution in [0, 0.1) is 11.3 Å². The summed E-state index contributed by atoms with van der Waals surface area (Å²) in [5.74, 6) is 0.786. The van der Waals surface area contributed by atoms with Crippen molar-refractivity contribution in [3.63, 3.8) is 0 Å². The van der Waals surface area contributed by atoms with Crippen molar-refractivity contribution >= 4 is 17.7 Å². The first-order valence-electron chi connectivity index (χ1n) is 10.4. The smallest absolute Gasteiger partial charge is 0.266 e. The molecule has 0 spiro atoms. The van der Waals surface area contributed by atoms with Gasteiger partial charge in [-0.25, -0.2) is 0 Å². The number of unbranched alkanes of at least 4 members (excludes halogenated alkanes) is 3. The van der Waals surface area contributed by atoms with Gasteiger partial charge < -0.3 is 14.8 Å². The number of hydrogen-bond donors (Lipinski definition) is 1. The number of nitrogens with zero attached hydrogens (tertiary/aromatic N) is 1. The molecule has 30 heavy (non-hydrogen) atoms. The third-order valence-electron chi connectivity index (χ3n) is 4.74.